The summed E-state index contributed by atoms with van der Waals surface area (Å²) in [7, 11) is 0. The van der Waals surface area contributed by atoms with Crippen molar-refractivity contribution >= 4 is 34.8 Å². The first-order valence-electron chi connectivity index (χ1n) is 9.92. The van der Waals surface area contributed by atoms with Crippen LogP contribution in [0, 0.1) is 13.0 Å². The summed E-state index contributed by atoms with van der Waals surface area (Å²) in [5.74, 6) is -0.290. The monoisotopic (exact) mass is 539 g/mol. The van der Waals surface area contributed by atoms with E-state index in [2.05, 4.69) is 16.5 Å². The van der Waals surface area contributed by atoms with Crippen molar-refractivity contribution < 1.29 is 37.5 Å². The van der Waals surface area contributed by atoms with Gasteiger partial charge in [-0.05, 0) is 37.3 Å². The van der Waals surface area contributed by atoms with Gasteiger partial charge in [0.15, 0.2) is 5.69 Å². The fourth-order valence-electron chi connectivity index (χ4n) is 3.13. The molecule has 1 aromatic heterocycles. The van der Waals surface area contributed by atoms with Gasteiger partial charge in [0.1, 0.15) is 0 Å². The summed E-state index contributed by atoms with van der Waals surface area (Å²) in [6.45, 7) is 5.87. The van der Waals surface area contributed by atoms with E-state index >= 15 is 0 Å². The minimum atomic E-state index is -0.290. The molecule has 4 rings (SSSR count). The molecule has 0 saturated carbocycles. The van der Waals surface area contributed by atoms with E-state index in [1.807, 2.05) is 75.4 Å². The number of rotatable bonds is 4. The molecule has 0 fully saturated rings. The van der Waals surface area contributed by atoms with Crippen LogP contribution in [0.5, 0.6) is 0 Å². The summed E-state index contributed by atoms with van der Waals surface area (Å²) < 4.78 is 1.68. The molecule has 0 unspecified atom stereocenters. The number of benzene rings is 3. The van der Waals surface area contributed by atoms with Crippen LogP contribution in [0.15, 0.2) is 72.8 Å². The number of nitrogens with zero attached hydrogens (tertiary/aromatic N) is 2. The van der Waals surface area contributed by atoms with E-state index < -0.39 is 0 Å². The number of hydrogen-bond acceptors (Lipinski definition) is 2. The van der Waals surface area contributed by atoms with Gasteiger partial charge in [-0.15, -0.1) is 5.56 Å². The topological polar surface area (TPSA) is 46.9 Å². The largest absolute Gasteiger partial charge is 0.321 e. The number of aromatic nitrogens is 2. The van der Waals surface area contributed by atoms with E-state index in [1.54, 1.807) is 22.9 Å². The standard InChI is InChI=1S/C23H16Cl2N3O.C2H6.Y/c1-15-21(23(29)26-18-10-6-3-7-11-18)27-28(20-13-12-17(24)14-19(20)25)22(15)16-8-4-2-5-9-16;1-2;/h3-14H,1H3,(H,26,29);1-2H3;/q-1;;. The first kappa shape index (κ1) is 26.3. The van der Waals surface area contributed by atoms with Crippen LogP contribution in [0.3, 0.4) is 0 Å². The predicted octanol–water partition coefficient (Wildman–Crippen LogP) is 7.23. The SMILES string of the molecule is CC.Cc1c(C(=O)Nc2ccccc2)nn(-c2ccc(Cl)cc2Cl)c1-c1cc[c-]cc1.[Y]. The van der Waals surface area contributed by atoms with E-state index in [0.717, 1.165) is 16.8 Å². The summed E-state index contributed by atoms with van der Waals surface area (Å²) in [5.41, 5.74) is 4.09. The van der Waals surface area contributed by atoms with Crippen LogP contribution in [0.1, 0.15) is 29.9 Å². The quantitative estimate of drug-likeness (QED) is 0.278. The van der Waals surface area contributed by atoms with Gasteiger partial charge >= 0.3 is 0 Å². The summed E-state index contributed by atoms with van der Waals surface area (Å²) in [6.07, 6.45) is 0. The van der Waals surface area contributed by atoms with Gasteiger partial charge in [-0.2, -0.15) is 35.4 Å². The predicted molar refractivity (Wildman–Crippen MR) is 128 cm³/mol. The number of carbonyl (C=O) groups excluding carboxylic acids is 1. The zero-order valence-electron chi connectivity index (χ0n) is 18.1. The summed E-state index contributed by atoms with van der Waals surface area (Å²) in [6, 6.07) is 24.9. The number of amides is 1. The number of nitrogens with one attached hydrogen (secondary N) is 1. The first-order chi connectivity index (χ1) is 15.0. The van der Waals surface area contributed by atoms with Gasteiger partial charge in [-0.1, -0.05) is 55.2 Å². The molecule has 0 bridgehead atoms. The molecule has 4 nitrogen and oxygen atoms in total. The first-order valence-corrected chi connectivity index (χ1v) is 10.7. The molecule has 7 heteroatoms. The molecule has 1 N–H and O–H groups in total. The molecule has 0 atom stereocenters. The maximum atomic E-state index is 13.0. The van der Waals surface area contributed by atoms with Crippen molar-refractivity contribution in [2.75, 3.05) is 5.32 Å². The van der Waals surface area contributed by atoms with Crippen LogP contribution in [0.4, 0.5) is 5.69 Å². The van der Waals surface area contributed by atoms with Gasteiger partial charge in [0.25, 0.3) is 5.91 Å². The van der Waals surface area contributed by atoms with Gasteiger partial charge in [0.2, 0.25) is 0 Å². The molecule has 1 radical (unpaired) electrons. The molecule has 32 heavy (non-hydrogen) atoms. The average Bonchev–Trinajstić information content (AvgIpc) is 3.13. The van der Waals surface area contributed by atoms with Crippen molar-refractivity contribution in [3.8, 4) is 16.9 Å². The minimum Gasteiger partial charge on any atom is -0.321 e. The Kier molecular flexibility index (Phi) is 10.1. The van der Waals surface area contributed by atoms with Crippen LogP contribution in [-0.2, 0) is 32.7 Å². The van der Waals surface area contributed by atoms with E-state index in [-0.39, 0.29) is 38.6 Å². The Bertz CT molecular complexity index is 1180. The van der Waals surface area contributed by atoms with Crippen LogP contribution in [0.2, 0.25) is 10.0 Å². The Morgan fingerprint density at radius 3 is 2.28 bits per heavy atom. The summed E-state index contributed by atoms with van der Waals surface area (Å²) in [4.78, 5) is 13.0. The Hall–Kier alpha value is -1.98. The van der Waals surface area contributed by atoms with E-state index in [4.69, 9.17) is 23.2 Å². The minimum absolute atomic E-state index is 0. The average molecular weight is 540 g/mol. The van der Waals surface area contributed by atoms with Gasteiger partial charge < -0.3 is 5.32 Å². The molecule has 1 heterocycles. The molecular weight excluding hydrogens is 518 g/mol. The fourth-order valence-corrected chi connectivity index (χ4v) is 3.62. The van der Waals surface area contributed by atoms with Gasteiger partial charge in [0, 0.05) is 49.0 Å². The maximum absolute atomic E-state index is 13.0. The molecule has 0 aliphatic heterocycles. The number of halogens is 2. The number of para-hydroxylation sites is 1. The van der Waals surface area contributed by atoms with Crippen molar-refractivity contribution in [2.24, 2.45) is 0 Å². The molecule has 0 aliphatic carbocycles. The van der Waals surface area contributed by atoms with Crippen molar-refractivity contribution in [1.82, 2.24) is 9.78 Å². The van der Waals surface area contributed by atoms with E-state index in [0.29, 0.717) is 27.1 Å². The Morgan fingerprint density at radius 1 is 1.00 bits per heavy atom. The Morgan fingerprint density at radius 2 is 1.66 bits per heavy atom. The Balaban J connectivity index is 0.00000118. The van der Waals surface area contributed by atoms with Crippen molar-refractivity contribution in [1.29, 1.82) is 0 Å². The number of hydrogen-bond donors (Lipinski definition) is 1. The van der Waals surface area contributed by atoms with Crippen LogP contribution < -0.4 is 5.32 Å². The summed E-state index contributed by atoms with van der Waals surface area (Å²) in [5, 5.41) is 8.47. The van der Waals surface area contributed by atoms with Gasteiger partial charge in [-0.25, -0.2) is 4.68 Å². The van der Waals surface area contributed by atoms with Crippen molar-refractivity contribution in [3.63, 3.8) is 0 Å². The smallest absolute Gasteiger partial charge is 0.276 e. The van der Waals surface area contributed by atoms with E-state index in [1.165, 1.54) is 0 Å². The molecule has 3 aromatic carbocycles. The van der Waals surface area contributed by atoms with Gasteiger partial charge in [0.05, 0.1) is 16.4 Å². The third-order valence-corrected chi connectivity index (χ3v) is 5.04. The molecule has 161 valence electrons. The molecule has 0 saturated heterocycles. The zero-order valence-corrected chi connectivity index (χ0v) is 22.4. The second-order valence-corrected chi connectivity index (χ2v) is 7.28. The third-order valence-electron chi connectivity index (χ3n) is 4.50. The number of anilines is 1. The molecule has 1 amide bonds. The normalized spacial score (nSPS) is 9.91. The van der Waals surface area contributed by atoms with Gasteiger partial charge in [-0.3, -0.25) is 4.79 Å². The summed E-state index contributed by atoms with van der Waals surface area (Å²) >= 11 is 12.5. The maximum Gasteiger partial charge on any atom is 0.276 e. The number of carbonyl (C=O) groups is 1. The molecule has 0 spiro atoms. The molecule has 0 aliphatic rings. The van der Waals surface area contributed by atoms with Crippen LogP contribution in [0.25, 0.3) is 16.9 Å². The molecular formula is C25H22Cl2N3OY-. The van der Waals surface area contributed by atoms with Crippen molar-refractivity contribution in [3.05, 3.63) is 100 Å². The fraction of sp³-hybridized carbons (Fsp3) is 0.120. The Labute approximate surface area is 223 Å². The third kappa shape index (κ3) is 5.87. The van der Waals surface area contributed by atoms with Crippen LogP contribution >= 0.6 is 23.2 Å². The second kappa shape index (κ2) is 12.3. The zero-order chi connectivity index (χ0) is 22.4. The molecule has 4 aromatic rings. The van der Waals surface area contributed by atoms with E-state index in [9.17, 15) is 4.79 Å². The van der Waals surface area contributed by atoms with Crippen molar-refractivity contribution in [2.45, 2.75) is 20.8 Å². The second-order valence-electron chi connectivity index (χ2n) is 6.44. The van der Waals surface area contributed by atoms with Crippen LogP contribution in [-0.4, -0.2) is 15.7 Å².